The molecule has 4 heteroatoms. The molecule has 138 valence electrons. The number of carbonyl (C=O) groups excluding carboxylic acids is 1. The monoisotopic (exact) mass is 367 g/mol. The fourth-order valence-electron chi connectivity index (χ4n) is 2.98. The second kappa shape index (κ2) is 7.53. The number of hydrogen-bond acceptors (Lipinski definition) is 3. The van der Waals surface area contributed by atoms with Gasteiger partial charge in [0.25, 0.3) is 5.91 Å². The molecular formula is C24H21N3O. The molecule has 4 nitrogen and oxygen atoms in total. The average Bonchev–Trinajstić information content (AvgIpc) is 3.01. The molecule has 1 N–H and O–H groups in total. The zero-order chi connectivity index (χ0) is 19.5. The molecule has 28 heavy (non-hydrogen) atoms. The fraction of sp³-hybridized carbons (Fsp3) is 0.0833. The quantitative estimate of drug-likeness (QED) is 0.663. The van der Waals surface area contributed by atoms with Gasteiger partial charge in [0.1, 0.15) is 5.70 Å². The van der Waals surface area contributed by atoms with Gasteiger partial charge in [0.05, 0.1) is 5.69 Å². The van der Waals surface area contributed by atoms with Crippen molar-refractivity contribution in [3.8, 4) is 0 Å². The van der Waals surface area contributed by atoms with Crippen molar-refractivity contribution < 1.29 is 4.79 Å². The standard InChI is InChI=1S/C24H21N3O/c1-17-8-12-19(13-9-17)16-22-24(28)27(26-21-6-4-3-5-7-21)23(25-22)20-14-10-18(2)11-15-20/h3-16,26H,1-2H3. The van der Waals surface area contributed by atoms with Crippen LogP contribution in [0.15, 0.2) is 89.6 Å². The molecule has 0 aliphatic carbocycles. The lowest BCUT2D eigenvalue weighted by atomic mass is 10.1. The van der Waals surface area contributed by atoms with E-state index >= 15 is 0 Å². The maximum absolute atomic E-state index is 13.1. The Hall–Kier alpha value is -3.66. The Morgan fingerprint density at radius 1 is 0.821 bits per heavy atom. The van der Waals surface area contributed by atoms with Crippen LogP contribution in [0.4, 0.5) is 5.69 Å². The van der Waals surface area contributed by atoms with E-state index in [2.05, 4.69) is 10.4 Å². The van der Waals surface area contributed by atoms with Crippen molar-refractivity contribution in [1.29, 1.82) is 0 Å². The van der Waals surface area contributed by atoms with Gasteiger partial charge in [0, 0.05) is 5.56 Å². The van der Waals surface area contributed by atoms with Gasteiger partial charge < -0.3 is 0 Å². The number of benzene rings is 3. The SMILES string of the molecule is Cc1ccc(C=C2N=C(c3ccc(C)cc3)N(Nc3ccccc3)C2=O)cc1. The van der Waals surface area contributed by atoms with E-state index in [1.54, 1.807) is 0 Å². The molecule has 1 amide bonds. The summed E-state index contributed by atoms with van der Waals surface area (Å²) < 4.78 is 0. The lowest BCUT2D eigenvalue weighted by molar-refractivity contribution is -0.121. The summed E-state index contributed by atoms with van der Waals surface area (Å²) in [6, 6.07) is 25.7. The van der Waals surface area contributed by atoms with Gasteiger partial charge in [-0.15, -0.1) is 0 Å². The third kappa shape index (κ3) is 3.71. The number of nitrogens with one attached hydrogen (secondary N) is 1. The summed E-state index contributed by atoms with van der Waals surface area (Å²) in [6.45, 7) is 4.07. The molecular weight excluding hydrogens is 346 g/mol. The van der Waals surface area contributed by atoms with Crippen molar-refractivity contribution in [1.82, 2.24) is 5.01 Å². The number of amidine groups is 1. The Morgan fingerprint density at radius 3 is 2.07 bits per heavy atom. The molecule has 0 radical (unpaired) electrons. The molecule has 0 spiro atoms. The van der Waals surface area contributed by atoms with Gasteiger partial charge in [-0.1, -0.05) is 77.9 Å². The number of anilines is 1. The van der Waals surface area contributed by atoms with Crippen LogP contribution >= 0.6 is 0 Å². The highest BCUT2D eigenvalue weighted by Gasteiger charge is 2.31. The minimum Gasteiger partial charge on any atom is -0.290 e. The second-order valence-corrected chi connectivity index (χ2v) is 6.86. The van der Waals surface area contributed by atoms with E-state index in [1.165, 1.54) is 10.6 Å². The first-order valence-electron chi connectivity index (χ1n) is 9.20. The van der Waals surface area contributed by atoms with E-state index in [-0.39, 0.29) is 5.91 Å². The number of para-hydroxylation sites is 1. The molecule has 4 rings (SSSR count). The van der Waals surface area contributed by atoms with E-state index in [0.29, 0.717) is 11.5 Å². The normalized spacial score (nSPS) is 15.1. The van der Waals surface area contributed by atoms with Crippen molar-refractivity contribution in [2.24, 2.45) is 4.99 Å². The first-order valence-corrected chi connectivity index (χ1v) is 9.20. The number of hydrazine groups is 1. The van der Waals surface area contributed by atoms with Gasteiger partial charge in [-0.05, 0) is 37.6 Å². The smallest absolute Gasteiger partial charge is 0.290 e. The van der Waals surface area contributed by atoms with Gasteiger partial charge in [-0.2, -0.15) is 5.01 Å². The van der Waals surface area contributed by atoms with Crippen LogP contribution in [0.1, 0.15) is 22.3 Å². The topological polar surface area (TPSA) is 44.7 Å². The number of rotatable bonds is 4. The molecule has 1 aliphatic heterocycles. The zero-order valence-electron chi connectivity index (χ0n) is 15.9. The number of hydrogen-bond donors (Lipinski definition) is 1. The zero-order valence-corrected chi connectivity index (χ0v) is 15.9. The van der Waals surface area contributed by atoms with Crippen LogP contribution in [0.2, 0.25) is 0 Å². The largest absolute Gasteiger partial charge is 0.297 e. The number of amides is 1. The van der Waals surface area contributed by atoms with Gasteiger partial charge in [-0.25, -0.2) is 4.99 Å². The highest BCUT2D eigenvalue weighted by Crippen LogP contribution is 2.23. The predicted octanol–water partition coefficient (Wildman–Crippen LogP) is 4.96. The van der Waals surface area contributed by atoms with E-state index in [0.717, 1.165) is 22.4 Å². The van der Waals surface area contributed by atoms with Crippen molar-refractivity contribution in [2.75, 3.05) is 5.43 Å². The lowest BCUT2D eigenvalue weighted by Gasteiger charge is -2.20. The summed E-state index contributed by atoms with van der Waals surface area (Å²) >= 11 is 0. The predicted molar refractivity (Wildman–Crippen MR) is 114 cm³/mol. The van der Waals surface area contributed by atoms with Crippen LogP contribution in [0.5, 0.6) is 0 Å². The molecule has 0 atom stereocenters. The van der Waals surface area contributed by atoms with Gasteiger partial charge >= 0.3 is 0 Å². The Labute approximate surface area is 164 Å². The third-order valence-electron chi connectivity index (χ3n) is 4.57. The molecule has 0 unspecified atom stereocenters. The number of aryl methyl sites for hydroxylation is 2. The van der Waals surface area contributed by atoms with E-state index in [4.69, 9.17) is 0 Å². The summed E-state index contributed by atoms with van der Waals surface area (Å²) in [5.41, 5.74) is 8.59. The second-order valence-electron chi connectivity index (χ2n) is 6.86. The molecule has 3 aromatic carbocycles. The summed E-state index contributed by atoms with van der Waals surface area (Å²) in [5.74, 6) is 0.409. The molecule has 0 aromatic heterocycles. The molecule has 1 heterocycles. The van der Waals surface area contributed by atoms with Gasteiger partial charge in [0.15, 0.2) is 5.84 Å². The highest BCUT2D eigenvalue weighted by molar-refractivity contribution is 6.20. The number of aliphatic imine (C=N–C) groups is 1. The summed E-state index contributed by atoms with van der Waals surface area (Å²) in [4.78, 5) is 17.8. The van der Waals surface area contributed by atoms with Crippen molar-refractivity contribution >= 4 is 23.5 Å². The summed E-state index contributed by atoms with van der Waals surface area (Å²) in [6.07, 6.45) is 1.82. The van der Waals surface area contributed by atoms with Crippen molar-refractivity contribution in [3.05, 3.63) is 107 Å². The van der Waals surface area contributed by atoms with Crippen LogP contribution in [0, 0.1) is 13.8 Å². The van der Waals surface area contributed by atoms with Crippen LogP contribution in [-0.2, 0) is 4.79 Å². The van der Waals surface area contributed by atoms with Crippen LogP contribution < -0.4 is 5.43 Å². The number of carbonyl (C=O) groups is 1. The van der Waals surface area contributed by atoms with Crippen molar-refractivity contribution in [3.63, 3.8) is 0 Å². The summed E-state index contributed by atoms with van der Waals surface area (Å²) in [7, 11) is 0. The van der Waals surface area contributed by atoms with E-state index < -0.39 is 0 Å². The van der Waals surface area contributed by atoms with Crippen LogP contribution in [0.25, 0.3) is 6.08 Å². The Morgan fingerprint density at radius 2 is 1.43 bits per heavy atom. The fourth-order valence-corrected chi connectivity index (χ4v) is 2.98. The molecule has 0 bridgehead atoms. The van der Waals surface area contributed by atoms with E-state index in [1.807, 2.05) is 98.8 Å². The van der Waals surface area contributed by atoms with Crippen LogP contribution in [-0.4, -0.2) is 16.8 Å². The average molecular weight is 367 g/mol. The molecule has 0 fully saturated rings. The lowest BCUT2D eigenvalue weighted by Crippen LogP contribution is -2.37. The Bertz CT molecular complexity index is 1050. The highest BCUT2D eigenvalue weighted by atomic mass is 16.2. The van der Waals surface area contributed by atoms with E-state index in [9.17, 15) is 4.79 Å². The van der Waals surface area contributed by atoms with Gasteiger partial charge in [-0.3, -0.25) is 10.2 Å². The molecule has 3 aromatic rings. The minimum absolute atomic E-state index is 0.181. The first kappa shape index (κ1) is 17.7. The molecule has 0 saturated carbocycles. The summed E-state index contributed by atoms with van der Waals surface area (Å²) in [5, 5.41) is 1.51. The maximum Gasteiger partial charge on any atom is 0.297 e. The first-order chi connectivity index (χ1) is 13.6. The Kier molecular flexibility index (Phi) is 4.77. The third-order valence-corrected chi connectivity index (χ3v) is 4.57. The van der Waals surface area contributed by atoms with Gasteiger partial charge in [0.2, 0.25) is 0 Å². The molecule has 1 aliphatic rings. The van der Waals surface area contributed by atoms with Crippen LogP contribution in [0.3, 0.4) is 0 Å². The Balaban J connectivity index is 1.73. The maximum atomic E-state index is 13.1. The number of nitrogens with zero attached hydrogens (tertiary/aromatic N) is 2. The molecule has 0 saturated heterocycles. The van der Waals surface area contributed by atoms with Crippen molar-refractivity contribution in [2.45, 2.75) is 13.8 Å². The minimum atomic E-state index is -0.181.